The number of hydrogen-bond donors (Lipinski definition) is 0. The molecule has 6 aromatic carbocycles. The molecule has 0 N–H and O–H groups in total. The van der Waals surface area contributed by atoms with Crippen LogP contribution in [0.25, 0.3) is 77.2 Å². The molecular formula is C40H26N2. The van der Waals surface area contributed by atoms with Crippen LogP contribution in [0.3, 0.4) is 0 Å². The van der Waals surface area contributed by atoms with Gasteiger partial charge in [-0.15, -0.1) is 0 Å². The lowest BCUT2D eigenvalue weighted by Gasteiger charge is -2.13. The molecule has 0 saturated carbocycles. The quantitative estimate of drug-likeness (QED) is 0.224. The number of hydrogen-bond acceptors (Lipinski definition) is 2. The van der Waals surface area contributed by atoms with Crippen molar-refractivity contribution in [2.45, 2.75) is 0 Å². The molecule has 2 nitrogen and oxygen atoms in total. The van der Waals surface area contributed by atoms with Gasteiger partial charge < -0.3 is 0 Å². The molecule has 0 saturated heterocycles. The van der Waals surface area contributed by atoms with Crippen LogP contribution < -0.4 is 0 Å². The van der Waals surface area contributed by atoms with Gasteiger partial charge in [-0.1, -0.05) is 115 Å². The van der Waals surface area contributed by atoms with E-state index in [1.165, 1.54) is 26.9 Å². The largest absolute Gasteiger partial charge is 0.256 e. The molecule has 2 aromatic heterocycles. The maximum Gasteiger partial charge on any atom is 0.0780 e. The number of pyridine rings is 2. The Morgan fingerprint density at radius 3 is 1.57 bits per heavy atom. The Labute approximate surface area is 244 Å². The molecule has 2 heteroatoms. The molecule has 2 heterocycles. The molecule has 8 aromatic rings. The van der Waals surface area contributed by atoms with Crippen molar-refractivity contribution in [3.05, 3.63) is 158 Å². The van der Waals surface area contributed by atoms with Crippen molar-refractivity contribution in [3.8, 4) is 44.9 Å². The lowest BCUT2D eigenvalue weighted by molar-refractivity contribution is 1.32. The smallest absolute Gasteiger partial charge is 0.0780 e. The number of aromatic nitrogens is 2. The Kier molecular flexibility index (Phi) is 5.82. The van der Waals surface area contributed by atoms with Gasteiger partial charge >= 0.3 is 0 Å². The van der Waals surface area contributed by atoms with E-state index in [1.807, 2.05) is 6.20 Å². The maximum absolute atomic E-state index is 5.22. The second-order valence-electron chi connectivity index (χ2n) is 10.7. The van der Waals surface area contributed by atoms with E-state index in [4.69, 9.17) is 9.97 Å². The Hall–Kier alpha value is -5.60. The van der Waals surface area contributed by atoms with Gasteiger partial charge in [0.15, 0.2) is 0 Å². The molecule has 0 atom stereocenters. The molecule has 0 aliphatic carbocycles. The van der Waals surface area contributed by atoms with Gasteiger partial charge in [0.2, 0.25) is 0 Å². The van der Waals surface area contributed by atoms with Gasteiger partial charge in [0.25, 0.3) is 0 Å². The minimum Gasteiger partial charge on any atom is -0.256 e. The molecule has 0 radical (unpaired) electrons. The summed E-state index contributed by atoms with van der Waals surface area (Å²) in [6.07, 6.45) is 1.90. The average molecular weight is 535 g/mol. The fourth-order valence-electron chi connectivity index (χ4n) is 5.89. The third-order valence-electron chi connectivity index (χ3n) is 8.06. The standard InChI is InChI=1S/C40H26N2/c1-3-11-30-22-33(18-16-27(30)8-1)38-25-36(26-39(42-38)34-19-17-28-9-2-4-12-31(28)23-34)32-13-7-14-35(24-32)40-37-15-6-5-10-29(37)20-21-41-40/h1-26H. The highest BCUT2D eigenvalue weighted by Crippen LogP contribution is 2.35. The third-order valence-corrected chi connectivity index (χ3v) is 8.06. The number of fused-ring (bicyclic) bond motifs is 3. The predicted octanol–water partition coefficient (Wildman–Crippen LogP) is 10.6. The third kappa shape index (κ3) is 4.40. The van der Waals surface area contributed by atoms with Crippen LogP contribution >= 0.6 is 0 Å². The Morgan fingerprint density at radius 2 is 0.905 bits per heavy atom. The van der Waals surface area contributed by atoms with Crippen molar-refractivity contribution in [3.63, 3.8) is 0 Å². The van der Waals surface area contributed by atoms with E-state index in [9.17, 15) is 0 Å². The van der Waals surface area contributed by atoms with Crippen LogP contribution in [0.5, 0.6) is 0 Å². The molecule has 0 bridgehead atoms. The van der Waals surface area contributed by atoms with Crippen molar-refractivity contribution in [2.75, 3.05) is 0 Å². The van der Waals surface area contributed by atoms with Crippen LogP contribution in [0.1, 0.15) is 0 Å². The molecule has 0 aliphatic heterocycles. The van der Waals surface area contributed by atoms with Gasteiger partial charge in [0, 0.05) is 28.3 Å². The summed E-state index contributed by atoms with van der Waals surface area (Å²) in [7, 11) is 0. The molecule has 0 spiro atoms. The van der Waals surface area contributed by atoms with Crippen molar-refractivity contribution < 1.29 is 0 Å². The summed E-state index contributed by atoms with van der Waals surface area (Å²) in [5.74, 6) is 0. The van der Waals surface area contributed by atoms with Crippen LogP contribution in [0.4, 0.5) is 0 Å². The highest BCUT2D eigenvalue weighted by molar-refractivity contribution is 5.95. The lowest BCUT2D eigenvalue weighted by atomic mass is 9.96. The SMILES string of the molecule is c1cc(-c2cc(-c3ccc4ccccc4c3)nc(-c3ccc4ccccc4c3)c2)cc(-c2nccc3ccccc23)c1. The molecule has 0 aliphatic rings. The second-order valence-corrected chi connectivity index (χ2v) is 10.7. The summed E-state index contributed by atoms with van der Waals surface area (Å²) < 4.78 is 0. The van der Waals surface area contributed by atoms with Crippen LogP contribution in [0.15, 0.2) is 158 Å². The van der Waals surface area contributed by atoms with Gasteiger partial charge in [-0.25, -0.2) is 4.98 Å². The van der Waals surface area contributed by atoms with E-state index in [2.05, 4.69) is 152 Å². The second kappa shape index (κ2) is 10.1. The van der Waals surface area contributed by atoms with E-state index in [0.717, 1.165) is 50.3 Å². The minimum atomic E-state index is 0.954. The number of nitrogens with zero attached hydrogens (tertiary/aromatic N) is 2. The fraction of sp³-hybridized carbons (Fsp3) is 0. The van der Waals surface area contributed by atoms with E-state index in [0.29, 0.717) is 0 Å². The Bertz CT molecular complexity index is 2160. The minimum absolute atomic E-state index is 0.954. The molecule has 0 amide bonds. The summed E-state index contributed by atoms with van der Waals surface area (Å²) in [6.45, 7) is 0. The molecule has 0 fully saturated rings. The van der Waals surface area contributed by atoms with E-state index < -0.39 is 0 Å². The first kappa shape index (κ1) is 24.2. The van der Waals surface area contributed by atoms with Gasteiger partial charge in [0.05, 0.1) is 17.1 Å². The van der Waals surface area contributed by atoms with Crippen LogP contribution in [0, 0.1) is 0 Å². The molecule has 8 rings (SSSR count). The predicted molar refractivity (Wildman–Crippen MR) is 176 cm³/mol. The van der Waals surface area contributed by atoms with Crippen LogP contribution in [-0.2, 0) is 0 Å². The first-order valence-corrected chi connectivity index (χ1v) is 14.2. The lowest BCUT2D eigenvalue weighted by Crippen LogP contribution is -1.92. The van der Waals surface area contributed by atoms with E-state index in [1.54, 1.807) is 0 Å². The maximum atomic E-state index is 5.22. The molecular weight excluding hydrogens is 508 g/mol. The first-order valence-electron chi connectivity index (χ1n) is 14.2. The zero-order chi connectivity index (χ0) is 27.9. The van der Waals surface area contributed by atoms with Gasteiger partial charge in [-0.2, -0.15) is 0 Å². The molecule has 42 heavy (non-hydrogen) atoms. The zero-order valence-corrected chi connectivity index (χ0v) is 22.9. The van der Waals surface area contributed by atoms with Crippen molar-refractivity contribution >= 4 is 32.3 Å². The summed E-state index contributed by atoms with van der Waals surface area (Å²) in [6, 6.07) is 53.8. The van der Waals surface area contributed by atoms with E-state index in [-0.39, 0.29) is 0 Å². The van der Waals surface area contributed by atoms with Crippen molar-refractivity contribution in [1.82, 2.24) is 9.97 Å². The number of rotatable bonds is 4. The average Bonchev–Trinajstić information content (AvgIpc) is 3.07. The van der Waals surface area contributed by atoms with Crippen molar-refractivity contribution in [1.29, 1.82) is 0 Å². The van der Waals surface area contributed by atoms with Crippen molar-refractivity contribution in [2.24, 2.45) is 0 Å². The highest BCUT2D eigenvalue weighted by Gasteiger charge is 2.12. The first-order chi connectivity index (χ1) is 20.8. The highest BCUT2D eigenvalue weighted by atomic mass is 14.7. The van der Waals surface area contributed by atoms with E-state index >= 15 is 0 Å². The molecule has 0 unspecified atom stereocenters. The Balaban J connectivity index is 1.32. The summed E-state index contributed by atoms with van der Waals surface area (Å²) in [4.78, 5) is 10.0. The normalized spacial score (nSPS) is 11.3. The van der Waals surface area contributed by atoms with Gasteiger partial charge in [0.1, 0.15) is 0 Å². The topological polar surface area (TPSA) is 25.8 Å². The summed E-state index contributed by atoms with van der Waals surface area (Å²) in [5, 5.41) is 7.21. The fourth-order valence-corrected chi connectivity index (χ4v) is 5.89. The van der Waals surface area contributed by atoms with Crippen LogP contribution in [-0.4, -0.2) is 9.97 Å². The summed E-state index contributed by atoms with van der Waals surface area (Å²) >= 11 is 0. The molecule has 196 valence electrons. The summed E-state index contributed by atoms with van der Waals surface area (Å²) in [5.41, 5.74) is 8.46. The Morgan fingerprint density at radius 1 is 0.333 bits per heavy atom. The van der Waals surface area contributed by atoms with Crippen LogP contribution in [0.2, 0.25) is 0 Å². The zero-order valence-electron chi connectivity index (χ0n) is 22.9. The number of benzene rings is 6. The monoisotopic (exact) mass is 534 g/mol. The van der Waals surface area contributed by atoms with Gasteiger partial charge in [-0.05, 0) is 74.5 Å². The van der Waals surface area contributed by atoms with Gasteiger partial charge in [-0.3, -0.25) is 4.98 Å².